The third-order valence-electron chi connectivity index (χ3n) is 7.22. The highest BCUT2D eigenvalue weighted by molar-refractivity contribution is 7.88. The number of fused-ring (bicyclic) bond motifs is 1. The highest BCUT2D eigenvalue weighted by Gasteiger charge is 2.40. The number of nitrogens with zero attached hydrogens (tertiary/aromatic N) is 5. The fraction of sp³-hybridized carbons (Fsp3) is 0.467. The van der Waals surface area contributed by atoms with Gasteiger partial charge in [-0.25, -0.2) is 17.9 Å². The molecule has 0 bridgehead atoms. The molecule has 0 radical (unpaired) electrons. The molecule has 2 aliphatic heterocycles. The standard InChI is InChI=1S/C30H38N6O5S/c1-29(2,3)41-28(37)35-19-15-30(16-20-35)21-25(24-9-5-6-10-26(24)40-30)22-11-13-23(14-12-22)27-32-34-36(33-27)18-8-7-17-31-42(4,38)39/h5-6,9-14,21,31H,7-8,15-20H2,1-4H3. The minimum absolute atomic E-state index is 0.289. The third-order valence-corrected chi connectivity index (χ3v) is 7.94. The van der Waals surface area contributed by atoms with Gasteiger partial charge < -0.3 is 14.4 Å². The van der Waals surface area contributed by atoms with Crippen LogP contribution in [0.4, 0.5) is 4.79 Å². The van der Waals surface area contributed by atoms with E-state index in [0.29, 0.717) is 51.3 Å². The molecule has 0 unspecified atom stereocenters. The molecule has 1 saturated heterocycles. The smallest absolute Gasteiger partial charge is 0.410 e. The van der Waals surface area contributed by atoms with Crippen molar-refractivity contribution in [2.75, 3.05) is 25.9 Å². The van der Waals surface area contributed by atoms with E-state index in [2.05, 4.69) is 44.4 Å². The van der Waals surface area contributed by atoms with E-state index in [0.717, 1.165) is 40.7 Å². The number of carbonyl (C=O) groups excluding carboxylic acids is 1. The monoisotopic (exact) mass is 594 g/mol. The SMILES string of the molecule is CC(C)(C)OC(=O)N1CCC2(C=C(c3ccc(-c4nnn(CCCCNS(C)(=O)=O)n4)cc3)c3ccccc3O2)CC1. The van der Waals surface area contributed by atoms with Crippen LogP contribution in [0, 0.1) is 0 Å². The van der Waals surface area contributed by atoms with E-state index in [9.17, 15) is 13.2 Å². The third kappa shape index (κ3) is 7.35. The molecule has 1 aromatic heterocycles. The molecular weight excluding hydrogens is 556 g/mol. The summed E-state index contributed by atoms with van der Waals surface area (Å²) in [7, 11) is -3.18. The summed E-state index contributed by atoms with van der Waals surface area (Å²) in [4.78, 5) is 15.9. The topological polar surface area (TPSA) is 129 Å². The highest BCUT2D eigenvalue weighted by Crippen LogP contribution is 2.43. The van der Waals surface area contributed by atoms with E-state index < -0.39 is 21.2 Å². The number of hydrogen-bond donors (Lipinski definition) is 1. The summed E-state index contributed by atoms with van der Waals surface area (Å²) in [5.41, 5.74) is 2.98. The zero-order chi connectivity index (χ0) is 30.0. The number of carbonyl (C=O) groups is 1. The van der Waals surface area contributed by atoms with Crippen molar-refractivity contribution in [2.45, 2.75) is 64.2 Å². The van der Waals surface area contributed by atoms with Gasteiger partial charge in [0.05, 0.1) is 12.8 Å². The van der Waals surface area contributed by atoms with Crippen LogP contribution in [0.3, 0.4) is 0 Å². The van der Waals surface area contributed by atoms with E-state index in [4.69, 9.17) is 9.47 Å². The Balaban J connectivity index is 1.28. The second kappa shape index (κ2) is 11.8. The lowest BCUT2D eigenvalue weighted by Gasteiger charge is -2.43. The summed E-state index contributed by atoms with van der Waals surface area (Å²) in [6.07, 6.45) is 5.81. The molecule has 2 aliphatic rings. The molecule has 11 nitrogen and oxygen atoms in total. The number of hydrogen-bond acceptors (Lipinski definition) is 8. The molecule has 1 N–H and O–H groups in total. The molecular formula is C30H38N6O5S. The van der Waals surface area contributed by atoms with Crippen LogP contribution < -0.4 is 9.46 Å². The molecule has 224 valence electrons. The quantitative estimate of drug-likeness (QED) is 0.383. The van der Waals surface area contributed by atoms with Crippen LogP contribution >= 0.6 is 0 Å². The van der Waals surface area contributed by atoms with Crippen LogP contribution in [0.5, 0.6) is 5.75 Å². The van der Waals surface area contributed by atoms with Crippen LogP contribution in [-0.2, 0) is 21.3 Å². The Bertz CT molecular complexity index is 1550. The maximum Gasteiger partial charge on any atom is 0.410 e. The molecule has 1 amide bonds. The second-order valence-corrected chi connectivity index (χ2v) is 13.7. The van der Waals surface area contributed by atoms with Gasteiger partial charge in [-0.05, 0) is 62.1 Å². The van der Waals surface area contributed by atoms with E-state index >= 15 is 0 Å². The van der Waals surface area contributed by atoms with Gasteiger partial charge in [-0.15, -0.1) is 10.2 Å². The summed E-state index contributed by atoms with van der Waals surface area (Å²) >= 11 is 0. The molecule has 3 aromatic rings. The fourth-order valence-electron chi connectivity index (χ4n) is 5.14. The Morgan fingerprint density at radius 2 is 1.74 bits per heavy atom. The van der Waals surface area contributed by atoms with Gasteiger partial charge in [0.2, 0.25) is 15.8 Å². The van der Waals surface area contributed by atoms with Crippen molar-refractivity contribution in [1.82, 2.24) is 29.8 Å². The van der Waals surface area contributed by atoms with E-state index in [1.54, 1.807) is 4.90 Å². The maximum atomic E-state index is 12.6. The van der Waals surface area contributed by atoms with Gasteiger partial charge in [0.15, 0.2) is 0 Å². The van der Waals surface area contributed by atoms with Crippen LogP contribution in [0.2, 0.25) is 0 Å². The van der Waals surface area contributed by atoms with Crippen molar-refractivity contribution in [3.8, 4) is 17.1 Å². The minimum atomic E-state index is -3.18. The summed E-state index contributed by atoms with van der Waals surface area (Å²) in [6, 6.07) is 16.1. The average molecular weight is 595 g/mol. The molecule has 12 heteroatoms. The second-order valence-electron chi connectivity index (χ2n) is 11.8. The number of sulfonamides is 1. The predicted molar refractivity (Wildman–Crippen MR) is 159 cm³/mol. The first-order valence-electron chi connectivity index (χ1n) is 14.2. The Kier molecular flexibility index (Phi) is 8.38. The van der Waals surface area contributed by atoms with Gasteiger partial charge in [0, 0.05) is 43.6 Å². The zero-order valence-electron chi connectivity index (χ0n) is 24.5. The van der Waals surface area contributed by atoms with Crippen molar-refractivity contribution in [2.24, 2.45) is 0 Å². The Hall–Kier alpha value is -3.77. The lowest BCUT2D eigenvalue weighted by Crippen LogP contribution is -2.50. The van der Waals surface area contributed by atoms with Crippen molar-refractivity contribution >= 4 is 21.7 Å². The Morgan fingerprint density at radius 3 is 2.43 bits per heavy atom. The first-order chi connectivity index (χ1) is 19.9. The van der Waals surface area contributed by atoms with Gasteiger partial charge in [-0.3, -0.25) is 0 Å². The van der Waals surface area contributed by atoms with Crippen molar-refractivity contribution in [3.63, 3.8) is 0 Å². The highest BCUT2D eigenvalue weighted by atomic mass is 32.2. The minimum Gasteiger partial charge on any atom is -0.482 e. The number of para-hydroxylation sites is 1. The first kappa shape index (κ1) is 29.7. The number of tetrazole rings is 1. The number of likely N-dealkylation sites (tertiary alicyclic amines) is 1. The fourth-order valence-corrected chi connectivity index (χ4v) is 5.65. The number of piperidine rings is 1. The number of aromatic nitrogens is 4. The van der Waals surface area contributed by atoms with Crippen molar-refractivity contribution in [3.05, 3.63) is 65.7 Å². The van der Waals surface area contributed by atoms with Gasteiger partial charge >= 0.3 is 6.09 Å². The van der Waals surface area contributed by atoms with E-state index in [1.807, 2.05) is 51.1 Å². The molecule has 0 aliphatic carbocycles. The molecule has 5 rings (SSSR count). The molecule has 42 heavy (non-hydrogen) atoms. The first-order valence-corrected chi connectivity index (χ1v) is 16.1. The lowest BCUT2D eigenvalue weighted by molar-refractivity contribution is -0.00116. The van der Waals surface area contributed by atoms with Crippen LogP contribution in [-0.4, -0.2) is 76.7 Å². The van der Waals surface area contributed by atoms with Gasteiger partial charge in [0.25, 0.3) is 0 Å². The number of ether oxygens (including phenoxy) is 2. The Morgan fingerprint density at radius 1 is 1.05 bits per heavy atom. The largest absolute Gasteiger partial charge is 0.482 e. The average Bonchev–Trinajstić information content (AvgIpc) is 3.40. The maximum absolute atomic E-state index is 12.6. The van der Waals surface area contributed by atoms with Crippen molar-refractivity contribution in [1.29, 1.82) is 0 Å². The summed E-state index contributed by atoms with van der Waals surface area (Å²) < 4.78 is 37.0. The summed E-state index contributed by atoms with van der Waals surface area (Å²) in [5.74, 6) is 1.37. The molecule has 3 heterocycles. The number of amides is 1. The summed E-state index contributed by atoms with van der Waals surface area (Å²) in [6.45, 7) is 7.66. The number of nitrogens with one attached hydrogen (secondary N) is 1. The van der Waals surface area contributed by atoms with Crippen molar-refractivity contribution < 1.29 is 22.7 Å². The number of unbranched alkanes of at least 4 members (excludes halogenated alkanes) is 1. The van der Waals surface area contributed by atoms with Gasteiger partial charge in [0.1, 0.15) is 17.0 Å². The molecule has 0 saturated carbocycles. The number of benzene rings is 2. The van der Waals surface area contributed by atoms with Gasteiger partial charge in [-0.1, -0.05) is 42.5 Å². The van der Waals surface area contributed by atoms with Gasteiger partial charge in [-0.2, -0.15) is 4.80 Å². The lowest BCUT2D eigenvalue weighted by atomic mass is 9.83. The normalized spacial score (nSPS) is 16.5. The molecule has 1 spiro atoms. The molecule has 2 aromatic carbocycles. The number of rotatable bonds is 8. The van der Waals surface area contributed by atoms with Crippen LogP contribution in [0.1, 0.15) is 57.6 Å². The predicted octanol–water partition coefficient (Wildman–Crippen LogP) is 4.26. The molecule has 1 fully saturated rings. The van der Waals surface area contributed by atoms with E-state index in [1.165, 1.54) is 4.80 Å². The van der Waals surface area contributed by atoms with E-state index in [-0.39, 0.29) is 6.09 Å². The van der Waals surface area contributed by atoms with Crippen LogP contribution in [0.25, 0.3) is 17.0 Å². The zero-order valence-corrected chi connectivity index (χ0v) is 25.4. The Labute approximate surface area is 246 Å². The summed E-state index contributed by atoms with van der Waals surface area (Å²) in [5, 5.41) is 12.9. The number of aryl methyl sites for hydroxylation is 1. The molecule has 0 atom stereocenters. The van der Waals surface area contributed by atoms with Crippen LogP contribution in [0.15, 0.2) is 54.6 Å².